The largest absolute Gasteiger partial charge is 0.493 e. The van der Waals surface area contributed by atoms with Crippen LogP contribution >= 0.6 is 0 Å². The van der Waals surface area contributed by atoms with Gasteiger partial charge in [0.05, 0.1) is 34.0 Å². The Morgan fingerprint density at radius 1 is 1.05 bits per heavy atom. The molecule has 0 fully saturated rings. The third-order valence-corrected chi connectivity index (χ3v) is 3.21. The summed E-state index contributed by atoms with van der Waals surface area (Å²) in [5, 5.41) is 12.9. The average molecular weight is 299 g/mol. The smallest absolute Gasteiger partial charge is 0.203 e. The molecule has 0 aliphatic rings. The Labute approximate surface area is 126 Å². The zero-order chi connectivity index (χ0) is 15.8. The predicted octanol–water partition coefficient (Wildman–Crippen LogP) is 1.37. The Balaban J connectivity index is 2.86. The van der Waals surface area contributed by atoms with Gasteiger partial charge in [-0.15, -0.1) is 0 Å². The van der Waals surface area contributed by atoms with Gasteiger partial charge in [-0.2, -0.15) is 0 Å². The van der Waals surface area contributed by atoms with Crippen LogP contribution in [0, 0.1) is 0 Å². The van der Waals surface area contributed by atoms with Crippen LogP contribution in [0.4, 0.5) is 0 Å². The normalized spacial score (nSPS) is 13.6. The lowest BCUT2D eigenvalue weighted by Crippen LogP contribution is -2.31. The highest BCUT2D eigenvalue weighted by Crippen LogP contribution is 2.39. The first kappa shape index (κ1) is 17.6. The summed E-state index contributed by atoms with van der Waals surface area (Å²) < 4.78 is 20.9. The molecule has 6 nitrogen and oxygen atoms in total. The van der Waals surface area contributed by atoms with Gasteiger partial charge < -0.3 is 29.4 Å². The Morgan fingerprint density at radius 3 is 2.05 bits per heavy atom. The van der Waals surface area contributed by atoms with Crippen molar-refractivity contribution in [3.8, 4) is 17.2 Å². The van der Waals surface area contributed by atoms with Gasteiger partial charge >= 0.3 is 0 Å². The van der Waals surface area contributed by atoms with Crippen LogP contribution in [0.5, 0.6) is 17.2 Å². The highest BCUT2D eigenvalue weighted by molar-refractivity contribution is 5.54. The van der Waals surface area contributed by atoms with E-state index in [1.807, 2.05) is 19.1 Å². The third kappa shape index (κ3) is 4.77. The lowest BCUT2D eigenvalue weighted by atomic mass is 10.1. The maximum atomic E-state index is 9.67. The summed E-state index contributed by atoms with van der Waals surface area (Å²) >= 11 is 0. The van der Waals surface area contributed by atoms with Crippen molar-refractivity contribution < 1.29 is 24.1 Å². The average Bonchev–Trinajstić information content (AvgIpc) is 2.51. The summed E-state index contributed by atoms with van der Waals surface area (Å²) in [5.41, 5.74) is 0.981. The van der Waals surface area contributed by atoms with Gasteiger partial charge in [0.1, 0.15) is 0 Å². The van der Waals surface area contributed by atoms with Gasteiger partial charge in [-0.25, -0.2) is 0 Å². The molecule has 21 heavy (non-hydrogen) atoms. The molecule has 0 aromatic heterocycles. The molecule has 0 saturated carbocycles. The number of ether oxygens (including phenoxy) is 4. The minimum Gasteiger partial charge on any atom is -0.493 e. The van der Waals surface area contributed by atoms with E-state index in [-0.39, 0.29) is 6.04 Å². The van der Waals surface area contributed by atoms with Crippen LogP contribution in [0.3, 0.4) is 0 Å². The highest BCUT2D eigenvalue weighted by Gasteiger charge is 2.16. The number of hydrogen-bond donors (Lipinski definition) is 2. The van der Waals surface area contributed by atoms with E-state index in [2.05, 4.69) is 5.32 Å². The van der Waals surface area contributed by atoms with Gasteiger partial charge in [0.25, 0.3) is 0 Å². The molecule has 1 rings (SSSR count). The number of benzene rings is 1. The second kappa shape index (κ2) is 8.71. The van der Waals surface area contributed by atoms with Crippen molar-refractivity contribution in [1.29, 1.82) is 0 Å². The lowest BCUT2D eigenvalue weighted by Gasteiger charge is -2.20. The van der Waals surface area contributed by atoms with E-state index in [9.17, 15) is 5.11 Å². The van der Waals surface area contributed by atoms with Crippen LogP contribution in [0.25, 0.3) is 0 Å². The summed E-state index contributed by atoms with van der Waals surface area (Å²) in [5.74, 6) is 1.78. The molecule has 2 N–H and O–H groups in total. The molecule has 0 bridgehead atoms. The van der Waals surface area contributed by atoms with E-state index in [0.29, 0.717) is 30.4 Å². The Hall–Kier alpha value is -1.50. The first-order valence-corrected chi connectivity index (χ1v) is 6.77. The zero-order valence-electron chi connectivity index (χ0n) is 13.3. The van der Waals surface area contributed by atoms with Crippen molar-refractivity contribution >= 4 is 0 Å². The molecular weight excluding hydrogens is 274 g/mol. The van der Waals surface area contributed by atoms with Gasteiger partial charge in [-0.1, -0.05) is 0 Å². The molecule has 6 heteroatoms. The first-order valence-electron chi connectivity index (χ1n) is 6.77. The number of aliphatic hydroxyl groups excluding tert-OH is 1. The molecular formula is C15H25NO5. The molecule has 0 spiro atoms. The fourth-order valence-corrected chi connectivity index (χ4v) is 2.03. The summed E-state index contributed by atoms with van der Waals surface area (Å²) in [7, 11) is 6.30. The van der Waals surface area contributed by atoms with Crippen LogP contribution in [-0.2, 0) is 4.74 Å². The number of methoxy groups -OCH3 is 4. The molecule has 0 amide bonds. The minimum atomic E-state index is -0.542. The fraction of sp³-hybridized carbons (Fsp3) is 0.600. The Morgan fingerprint density at radius 2 is 1.62 bits per heavy atom. The van der Waals surface area contributed by atoms with Crippen LogP contribution in [0.1, 0.15) is 18.5 Å². The monoisotopic (exact) mass is 299 g/mol. The standard InChI is InChI=1S/C15H25NO5/c1-10(16-8-12(17)9-18-2)11-6-13(19-3)15(21-5)14(7-11)20-4/h6-7,10,12,16-17H,8-9H2,1-5H3. The number of hydrogen-bond acceptors (Lipinski definition) is 6. The Bertz CT molecular complexity index is 413. The lowest BCUT2D eigenvalue weighted by molar-refractivity contribution is 0.0630. The summed E-state index contributed by atoms with van der Waals surface area (Å²) in [6.45, 7) is 2.74. The molecule has 120 valence electrons. The SMILES string of the molecule is COCC(O)CNC(C)c1cc(OC)c(OC)c(OC)c1. The molecule has 2 atom stereocenters. The van der Waals surface area contributed by atoms with Gasteiger partial charge in [-0.3, -0.25) is 0 Å². The second-order valence-electron chi connectivity index (χ2n) is 4.70. The van der Waals surface area contributed by atoms with Crippen molar-refractivity contribution in [3.05, 3.63) is 17.7 Å². The van der Waals surface area contributed by atoms with Crippen molar-refractivity contribution in [1.82, 2.24) is 5.32 Å². The van der Waals surface area contributed by atoms with E-state index >= 15 is 0 Å². The molecule has 2 unspecified atom stereocenters. The van der Waals surface area contributed by atoms with E-state index < -0.39 is 6.10 Å². The maximum Gasteiger partial charge on any atom is 0.203 e. The number of rotatable bonds is 9. The molecule has 0 saturated heterocycles. The molecule has 1 aromatic carbocycles. The van der Waals surface area contributed by atoms with Gasteiger partial charge in [0, 0.05) is 19.7 Å². The van der Waals surface area contributed by atoms with Gasteiger partial charge in [0.15, 0.2) is 11.5 Å². The zero-order valence-corrected chi connectivity index (χ0v) is 13.3. The molecule has 0 heterocycles. The Kier molecular flexibility index (Phi) is 7.28. The predicted molar refractivity (Wildman–Crippen MR) is 80.4 cm³/mol. The van der Waals surface area contributed by atoms with Gasteiger partial charge in [-0.05, 0) is 24.6 Å². The first-order chi connectivity index (χ1) is 10.1. The van der Waals surface area contributed by atoms with Crippen LogP contribution in [0.2, 0.25) is 0 Å². The van der Waals surface area contributed by atoms with Crippen LogP contribution in [0.15, 0.2) is 12.1 Å². The molecule has 0 aliphatic heterocycles. The number of aliphatic hydroxyl groups is 1. The van der Waals surface area contributed by atoms with Gasteiger partial charge in [0.2, 0.25) is 5.75 Å². The van der Waals surface area contributed by atoms with E-state index in [0.717, 1.165) is 5.56 Å². The van der Waals surface area contributed by atoms with Crippen molar-refractivity contribution in [2.24, 2.45) is 0 Å². The quantitative estimate of drug-likeness (QED) is 0.718. The third-order valence-electron chi connectivity index (χ3n) is 3.21. The maximum absolute atomic E-state index is 9.67. The van der Waals surface area contributed by atoms with Crippen molar-refractivity contribution in [2.45, 2.75) is 19.1 Å². The highest BCUT2D eigenvalue weighted by atomic mass is 16.5. The summed E-state index contributed by atoms with van der Waals surface area (Å²) in [6.07, 6.45) is -0.542. The molecule has 1 aromatic rings. The van der Waals surface area contributed by atoms with E-state index in [1.54, 1.807) is 28.4 Å². The topological polar surface area (TPSA) is 69.2 Å². The molecule has 0 radical (unpaired) electrons. The van der Waals surface area contributed by atoms with Crippen LogP contribution in [-0.4, -0.2) is 52.8 Å². The van der Waals surface area contributed by atoms with Crippen molar-refractivity contribution in [3.63, 3.8) is 0 Å². The van der Waals surface area contributed by atoms with Crippen LogP contribution < -0.4 is 19.5 Å². The van der Waals surface area contributed by atoms with Crippen molar-refractivity contribution in [2.75, 3.05) is 41.6 Å². The molecule has 0 aliphatic carbocycles. The second-order valence-corrected chi connectivity index (χ2v) is 4.70. The fourth-order valence-electron chi connectivity index (χ4n) is 2.03. The summed E-state index contributed by atoms with van der Waals surface area (Å²) in [6, 6.07) is 3.80. The van der Waals surface area contributed by atoms with E-state index in [1.165, 1.54) is 0 Å². The summed E-state index contributed by atoms with van der Waals surface area (Å²) in [4.78, 5) is 0. The minimum absolute atomic E-state index is 0.0187. The van der Waals surface area contributed by atoms with E-state index in [4.69, 9.17) is 18.9 Å². The number of nitrogens with one attached hydrogen (secondary N) is 1.